The van der Waals surface area contributed by atoms with Crippen LogP contribution in [-0.2, 0) is 11.3 Å². The summed E-state index contributed by atoms with van der Waals surface area (Å²) < 4.78 is 0. The Morgan fingerprint density at radius 3 is 2.92 bits per heavy atom. The third kappa shape index (κ3) is 4.31. The number of rotatable bonds is 5. The largest absolute Gasteiger partial charge is 0.396 e. The van der Waals surface area contributed by atoms with Gasteiger partial charge in [-0.2, -0.15) is 0 Å². The van der Waals surface area contributed by atoms with Crippen molar-refractivity contribution >= 4 is 6.21 Å². The van der Waals surface area contributed by atoms with Crippen LogP contribution in [0.25, 0.3) is 0 Å². The topological polar surface area (TPSA) is 21.6 Å². The van der Waals surface area contributed by atoms with Crippen LogP contribution in [0.3, 0.4) is 0 Å². The molecule has 13 heavy (non-hydrogen) atoms. The van der Waals surface area contributed by atoms with Gasteiger partial charge in [0.2, 0.25) is 0 Å². The molecule has 2 heteroatoms. The minimum Gasteiger partial charge on any atom is -0.396 e. The first-order valence-corrected chi connectivity index (χ1v) is 4.52. The highest BCUT2D eigenvalue weighted by molar-refractivity contribution is 5.60. The van der Waals surface area contributed by atoms with Crippen molar-refractivity contribution in [1.29, 1.82) is 0 Å². The summed E-state index contributed by atoms with van der Waals surface area (Å²) in [7, 11) is 0. The summed E-state index contributed by atoms with van der Waals surface area (Å²) >= 11 is 0. The maximum atomic E-state index is 4.97. The van der Waals surface area contributed by atoms with E-state index in [2.05, 4.69) is 18.1 Å². The molecule has 0 heterocycles. The normalized spacial score (nSPS) is 10.5. The van der Waals surface area contributed by atoms with E-state index in [1.165, 1.54) is 5.56 Å². The van der Waals surface area contributed by atoms with E-state index in [0.29, 0.717) is 6.61 Å². The standard InChI is InChI=1S/C11H14NO/c1-2-10-13-12-9-8-11-6-4-3-5-7-11/h4-7,9H,2,8,10H2,1H3. The van der Waals surface area contributed by atoms with Crippen LogP contribution in [0.2, 0.25) is 0 Å². The third-order valence-corrected chi connectivity index (χ3v) is 1.56. The maximum Gasteiger partial charge on any atom is 0.116 e. The van der Waals surface area contributed by atoms with Crippen molar-refractivity contribution in [2.75, 3.05) is 6.61 Å². The SMILES string of the molecule is CCCON=CCc1cc[c]cc1. The van der Waals surface area contributed by atoms with Gasteiger partial charge in [-0.1, -0.05) is 36.3 Å². The molecule has 0 unspecified atom stereocenters. The van der Waals surface area contributed by atoms with Crippen molar-refractivity contribution in [3.63, 3.8) is 0 Å². The van der Waals surface area contributed by atoms with Gasteiger partial charge >= 0.3 is 0 Å². The molecule has 0 aliphatic carbocycles. The first-order valence-electron chi connectivity index (χ1n) is 4.52. The van der Waals surface area contributed by atoms with E-state index in [9.17, 15) is 0 Å². The van der Waals surface area contributed by atoms with Crippen molar-refractivity contribution in [1.82, 2.24) is 0 Å². The van der Waals surface area contributed by atoms with Crippen LogP contribution in [0, 0.1) is 6.07 Å². The lowest BCUT2D eigenvalue weighted by atomic mass is 10.2. The molecular weight excluding hydrogens is 162 g/mol. The van der Waals surface area contributed by atoms with Gasteiger partial charge in [-0.3, -0.25) is 0 Å². The van der Waals surface area contributed by atoms with Crippen LogP contribution in [0.4, 0.5) is 0 Å². The molecule has 2 nitrogen and oxygen atoms in total. The van der Waals surface area contributed by atoms with Gasteiger partial charge in [0.1, 0.15) is 6.61 Å². The molecule has 0 amide bonds. The molecule has 0 spiro atoms. The second-order valence-electron chi connectivity index (χ2n) is 2.73. The highest BCUT2D eigenvalue weighted by Crippen LogP contribution is 1.96. The van der Waals surface area contributed by atoms with Crippen molar-refractivity contribution in [3.8, 4) is 0 Å². The fourth-order valence-corrected chi connectivity index (χ4v) is 0.897. The summed E-state index contributed by atoms with van der Waals surface area (Å²) in [5.41, 5.74) is 1.22. The average Bonchev–Trinajstić information content (AvgIpc) is 2.19. The van der Waals surface area contributed by atoms with Crippen LogP contribution in [0.5, 0.6) is 0 Å². The highest BCUT2D eigenvalue weighted by Gasteiger charge is 1.86. The van der Waals surface area contributed by atoms with Gasteiger partial charge < -0.3 is 4.84 Å². The molecule has 0 bridgehead atoms. The second kappa shape index (κ2) is 6.23. The Balaban J connectivity index is 2.23. The smallest absolute Gasteiger partial charge is 0.116 e. The molecule has 1 radical (unpaired) electrons. The molecule has 0 aromatic heterocycles. The molecule has 69 valence electrons. The Morgan fingerprint density at radius 1 is 1.46 bits per heavy atom. The minimum atomic E-state index is 0.694. The van der Waals surface area contributed by atoms with Gasteiger partial charge in [0.15, 0.2) is 0 Å². The lowest BCUT2D eigenvalue weighted by molar-refractivity contribution is 0.146. The van der Waals surface area contributed by atoms with E-state index in [1.54, 1.807) is 6.21 Å². The lowest BCUT2D eigenvalue weighted by Gasteiger charge is -1.95. The van der Waals surface area contributed by atoms with E-state index >= 15 is 0 Å². The van der Waals surface area contributed by atoms with Crippen molar-refractivity contribution in [2.45, 2.75) is 19.8 Å². The Labute approximate surface area is 79.2 Å². The van der Waals surface area contributed by atoms with Crippen molar-refractivity contribution < 1.29 is 4.84 Å². The van der Waals surface area contributed by atoms with E-state index in [4.69, 9.17) is 4.84 Å². The van der Waals surface area contributed by atoms with Crippen molar-refractivity contribution in [2.24, 2.45) is 5.16 Å². The number of hydrogen-bond acceptors (Lipinski definition) is 2. The van der Waals surface area contributed by atoms with Gasteiger partial charge in [-0.05, 0) is 18.1 Å². The van der Waals surface area contributed by atoms with Gasteiger partial charge in [-0.25, -0.2) is 0 Å². The molecule has 1 rings (SSSR count). The average molecular weight is 176 g/mol. The maximum absolute atomic E-state index is 4.97. The lowest BCUT2D eigenvalue weighted by Crippen LogP contribution is -1.88. The van der Waals surface area contributed by atoms with E-state index in [-0.39, 0.29) is 0 Å². The number of nitrogens with zero attached hydrogens (tertiary/aromatic N) is 1. The van der Waals surface area contributed by atoms with Crippen LogP contribution < -0.4 is 0 Å². The van der Waals surface area contributed by atoms with Gasteiger partial charge in [0.25, 0.3) is 0 Å². The monoisotopic (exact) mass is 176 g/mol. The molecule has 0 fully saturated rings. The molecule has 0 atom stereocenters. The van der Waals surface area contributed by atoms with Crippen LogP contribution in [0.15, 0.2) is 29.4 Å². The zero-order valence-electron chi connectivity index (χ0n) is 7.86. The molecule has 0 saturated heterocycles. The van der Waals surface area contributed by atoms with Gasteiger partial charge in [0, 0.05) is 12.6 Å². The first-order chi connectivity index (χ1) is 6.43. The molecule has 0 saturated carbocycles. The van der Waals surface area contributed by atoms with Crippen LogP contribution >= 0.6 is 0 Å². The molecule has 1 aromatic rings. The molecular formula is C11H14NO. The summed E-state index contributed by atoms with van der Waals surface area (Å²) in [4.78, 5) is 4.97. The number of benzene rings is 1. The number of hydrogen-bond donors (Lipinski definition) is 0. The molecule has 0 N–H and O–H groups in total. The van der Waals surface area contributed by atoms with Crippen molar-refractivity contribution in [3.05, 3.63) is 35.9 Å². The Hall–Kier alpha value is -1.31. The van der Waals surface area contributed by atoms with E-state index < -0.39 is 0 Å². The zero-order valence-corrected chi connectivity index (χ0v) is 7.86. The van der Waals surface area contributed by atoms with E-state index in [0.717, 1.165) is 12.8 Å². The van der Waals surface area contributed by atoms with Crippen LogP contribution in [-0.4, -0.2) is 12.8 Å². The third-order valence-electron chi connectivity index (χ3n) is 1.56. The Bertz CT molecular complexity index is 244. The molecule has 0 aliphatic rings. The Kier molecular flexibility index (Phi) is 4.69. The zero-order chi connectivity index (χ0) is 9.36. The molecule has 1 aromatic carbocycles. The van der Waals surface area contributed by atoms with Crippen LogP contribution in [0.1, 0.15) is 18.9 Å². The summed E-state index contributed by atoms with van der Waals surface area (Å²) in [5.74, 6) is 0. The minimum absolute atomic E-state index is 0.694. The quantitative estimate of drug-likeness (QED) is 0.383. The summed E-state index contributed by atoms with van der Waals surface area (Å²) in [6.07, 6.45) is 3.60. The summed E-state index contributed by atoms with van der Waals surface area (Å²) in [6, 6.07) is 10.8. The fourth-order valence-electron chi connectivity index (χ4n) is 0.897. The predicted molar refractivity (Wildman–Crippen MR) is 53.7 cm³/mol. The van der Waals surface area contributed by atoms with Gasteiger partial charge in [0.05, 0.1) is 0 Å². The summed E-state index contributed by atoms with van der Waals surface area (Å²) in [6.45, 7) is 2.75. The number of oxime groups is 1. The summed E-state index contributed by atoms with van der Waals surface area (Å²) in [5, 5.41) is 3.82. The fraction of sp³-hybridized carbons (Fsp3) is 0.364. The highest BCUT2D eigenvalue weighted by atomic mass is 16.6. The van der Waals surface area contributed by atoms with E-state index in [1.807, 2.05) is 24.3 Å². The predicted octanol–water partition coefficient (Wildman–Crippen LogP) is 2.44. The van der Waals surface area contributed by atoms with Gasteiger partial charge in [-0.15, -0.1) is 0 Å². The Morgan fingerprint density at radius 2 is 2.23 bits per heavy atom. The second-order valence-corrected chi connectivity index (χ2v) is 2.73. The first kappa shape index (κ1) is 9.78. The molecule has 0 aliphatic heterocycles.